The molecule has 18 heavy (non-hydrogen) atoms. The first-order valence-electron chi connectivity index (χ1n) is 6.44. The molecule has 1 aliphatic rings. The van der Waals surface area contributed by atoms with Crippen molar-refractivity contribution in [2.24, 2.45) is 0 Å². The van der Waals surface area contributed by atoms with Gasteiger partial charge in [-0.25, -0.2) is 4.79 Å². The van der Waals surface area contributed by atoms with Crippen molar-refractivity contribution < 1.29 is 4.79 Å². The summed E-state index contributed by atoms with van der Waals surface area (Å²) in [7, 11) is 0. The summed E-state index contributed by atoms with van der Waals surface area (Å²) < 4.78 is 0. The maximum absolute atomic E-state index is 12.1. The summed E-state index contributed by atoms with van der Waals surface area (Å²) in [6.45, 7) is 5.88. The van der Waals surface area contributed by atoms with Gasteiger partial charge >= 0.3 is 6.03 Å². The Morgan fingerprint density at radius 3 is 3.06 bits per heavy atom. The molecule has 0 unspecified atom stereocenters. The summed E-state index contributed by atoms with van der Waals surface area (Å²) in [5.41, 5.74) is 0. The monoisotopic (exact) mass is 284 g/mol. The lowest BCUT2D eigenvalue weighted by atomic mass is 10.3. The summed E-state index contributed by atoms with van der Waals surface area (Å²) >= 11 is 3.65. The molecular weight excluding hydrogens is 264 g/mol. The van der Waals surface area contributed by atoms with Gasteiger partial charge in [-0.1, -0.05) is 13.3 Å². The molecule has 100 valence electrons. The molecule has 0 saturated carbocycles. The Balaban J connectivity index is 1.97. The van der Waals surface area contributed by atoms with Crippen LogP contribution >= 0.6 is 23.1 Å². The predicted molar refractivity (Wildman–Crippen MR) is 79.3 cm³/mol. The zero-order valence-corrected chi connectivity index (χ0v) is 12.6. The van der Waals surface area contributed by atoms with Gasteiger partial charge in [0.05, 0.1) is 0 Å². The van der Waals surface area contributed by atoms with E-state index in [0.29, 0.717) is 0 Å². The highest BCUT2D eigenvalue weighted by molar-refractivity contribution is 7.99. The minimum atomic E-state index is 0.0875. The number of carbonyl (C=O) groups excluding carboxylic acids is 1. The topological polar surface area (TPSA) is 32.3 Å². The smallest absolute Gasteiger partial charge is 0.318 e. The zero-order valence-electron chi connectivity index (χ0n) is 10.9. The van der Waals surface area contributed by atoms with E-state index in [4.69, 9.17) is 0 Å². The summed E-state index contributed by atoms with van der Waals surface area (Å²) in [5, 5.41) is 3.22. The molecule has 1 aliphatic heterocycles. The van der Waals surface area contributed by atoms with E-state index in [0.717, 1.165) is 31.7 Å². The molecule has 0 bridgehead atoms. The van der Waals surface area contributed by atoms with Crippen LogP contribution in [0, 0.1) is 6.92 Å². The number of hydrogen-bond acceptors (Lipinski definition) is 3. The van der Waals surface area contributed by atoms with Crippen LogP contribution in [0.3, 0.4) is 0 Å². The Morgan fingerprint density at radius 2 is 2.39 bits per heavy atom. The van der Waals surface area contributed by atoms with Crippen LogP contribution in [-0.4, -0.2) is 29.8 Å². The van der Waals surface area contributed by atoms with Crippen LogP contribution in [0.2, 0.25) is 0 Å². The van der Waals surface area contributed by atoms with Crippen molar-refractivity contribution >= 4 is 29.1 Å². The van der Waals surface area contributed by atoms with Gasteiger partial charge in [-0.05, 0) is 25.5 Å². The number of thiophene rings is 1. The highest BCUT2D eigenvalue weighted by Gasteiger charge is 2.31. The van der Waals surface area contributed by atoms with E-state index in [1.165, 1.54) is 9.75 Å². The van der Waals surface area contributed by atoms with Crippen LogP contribution < -0.4 is 5.32 Å². The second-order valence-corrected chi connectivity index (χ2v) is 6.96. The molecule has 5 heteroatoms. The number of carbonyl (C=O) groups is 1. The number of nitrogens with zero attached hydrogens (tertiary/aromatic N) is 1. The molecular formula is C13H20N2OS2. The molecule has 2 rings (SSSR count). The van der Waals surface area contributed by atoms with E-state index >= 15 is 0 Å². The van der Waals surface area contributed by atoms with E-state index in [1.807, 2.05) is 16.7 Å². The van der Waals surface area contributed by atoms with Crippen molar-refractivity contribution in [2.75, 3.05) is 18.8 Å². The van der Waals surface area contributed by atoms with Crippen LogP contribution in [0.25, 0.3) is 0 Å². The Hall–Kier alpha value is -0.680. The third-order valence-corrected chi connectivity index (χ3v) is 5.41. The summed E-state index contributed by atoms with van der Waals surface area (Å²) in [5.74, 6) is 1.03. The van der Waals surface area contributed by atoms with Crippen LogP contribution in [0.15, 0.2) is 12.1 Å². The van der Waals surface area contributed by atoms with Gasteiger partial charge in [-0.3, -0.25) is 0 Å². The van der Waals surface area contributed by atoms with Crippen molar-refractivity contribution in [1.82, 2.24) is 10.2 Å². The number of thioether (sulfide) groups is 1. The first-order valence-corrected chi connectivity index (χ1v) is 8.31. The van der Waals surface area contributed by atoms with E-state index < -0.39 is 0 Å². The van der Waals surface area contributed by atoms with Gasteiger partial charge in [-0.15, -0.1) is 23.1 Å². The molecule has 0 aliphatic carbocycles. The lowest BCUT2D eigenvalue weighted by Crippen LogP contribution is -2.39. The number of nitrogens with one attached hydrogen (secondary N) is 1. The largest absolute Gasteiger partial charge is 0.338 e. The predicted octanol–water partition coefficient (Wildman–Crippen LogP) is 3.61. The Kier molecular flexibility index (Phi) is 4.95. The van der Waals surface area contributed by atoms with Gasteiger partial charge in [0, 0.05) is 28.6 Å². The van der Waals surface area contributed by atoms with Crippen molar-refractivity contribution in [2.45, 2.75) is 32.1 Å². The number of rotatable bonds is 4. The van der Waals surface area contributed by atoms with Gasteiger partial charge in [0.15, 0.2) is 0 Å². The van der Waals surface area contributed by atoms with Gasteiger partial charge in [0.2, 0.25) is 0 Å². The van der Waals surface area contributed by atoms with E-state index in [9.17, 15) is 4.79 Å². The maximum atomic E-state index is 12.1. The molecule has 0 radical (unpaired) electrons. The fraction of sp³-hybridized carbons (Fsp3) is 0.615. The van der Waals surface area contributed by atoms with Gasteiger partial charge in [0.1, 0.15) is 5.37 Å². The normalized spacial score (nSPS) is 19.2. The molecule has 2 amide bonds. The number of hydrogen-bond donors (Lipinski definition) is 1. The molecule has 0 spiro atoms. The zero-order chi connectivity index (χ0) is 13.0. The molecule has 2 heterocycles. The van der Waals surface area contributed by atoms with Crippen molar-refractivity contribution in [3.8, 4) is 0 Å². The lowest BCUT2D eigenvalue weighted by molar-refractivity contribution is 0.200. The average molecular weight is 284 g/mol. The number of unbranched alkanes of at least 4 members (excludes halogenated alkanes) is 1. The van der Waals surface area contributed by atoms with Crippen LogP contribution in [-0.2, 0) is 0 Å². The Morgan fingerprint density at radius 1 is 1.56 bits per heavy atom. The van der Waals surface area contributed by atoms with E-state index in [-0.39, 0.29) is 11.4 Å². The van der Waals surface area contributed by atoms with E-state index in [1.54, 1.807) is 11.3 Å². The second kappa shape index (κ2) is 6.48. The number of aryl methyl sites for hydroxylation is 1. The second-order valence-electron chi connectivity index (χ2n) is 4.45. The molecule has 1 saturated heterocycles. The maximum Gasteiger partial charge on any atom is 0.318 e. The molecule has 0 aromatic carbocycles. The summed E-state index contributed by atoms with van der Waals surface area (Å²) in [6, 6.07) is 4.37. The van der Waals surface area contributed by atoms with Gasteiger partial charge in [-0.2, -0.15) is 0 Å². The molecule has 3 nitrogen and oxygen atoms in total. The minimum Gasteiger partial charge on any atom is -0.338 e. The van der Waals surface area contributed by atoms with Crippen LogP contribution in [0.5, 0.6) is 0 Å². The highest BCUT2D eigenvalue weighted by Crippen LogP contribution is 2.40. The molecule has 1 aromatic rings. The third kappa shape index (κ3) is 3.20. The minimum absolute atomic E-state index is 0.0875. The molecule has 1 N–H and O–H groups in total. The molecule has 1 fully saturated rings. The first kappa shape index (κ1) is 13.7. The number of urea groups is 1. The number of amides is 2. The standard InChI is InChI=1S/C13H20N2OS2/c1-3-4-7-14-13(16)15-8-9-17-12(15)11-6-5-10(2)18-11/h5-6,12H,3-4,7-9H2,1-2H3,(H,14,16)/t12-/m1/s1. The van der Waals surface area contributed by atoms with E-state index in [2.05, 4.69) is 31.3 Å². The molecule has 1 atom stereocenters. The fourth-order valence-electron chi connectivity index (χ4n) is 1.97. The fourth-order valence-corrected chi connectivity index (χ4v) is 4.34. The van der Waals surface area contributed by atoms with Crippen molar-refractivity contribution in [3.63, 3.8) is 0 Å². The third-order valence-electron chi connectivity index (χ3n) is 2.96. The van der Waals surface area contributed by atoms with Gasteiger partial charge < -0.3 is 10.2 Å². The van der Waals surface area contributed by atoms with Crippen molar-refractivity contribution in [1.29, 1.82) is 0 Å². The lowest BCUT2D eigenvalue weighted by Gasteiger charge is -2.23. The highest BCUT2D eigenvalue weighted by atomic mass is 32.2. The van der Waals surface area contributed by atoms with Crippen molar-refractivity contribution in [3.05, 3.63) is 21.9 Å². The first-order chi connectivity index (χ1) is 8.72. The summed E-state index contributed by atoms with van der Waals surface area (Å²) in [4.78, 5) is 16.7. The van der Waals surface area contributed by atoms with Crippen LogP contribution in [0.1, 0.15) is 34.9 Å². The SMILES string of the molecule is CCCCNC(=O)N1CCS[C@@H]1c1ccc(C)s1. The molecule has 1 aromatic heterocycles. The average Bonchev–Trinajstić information content (AvgIpc) is 2.97. The van der Waals surface area contributed by atoms with Crippen LogP contribution in [0.4, 0.5) is 4.79 Å². The van der Waals surface area contributed by atoms with Gasteiger partial charge in [0.25, 0.3) is 0 Å². The quantitative estimate of drug-likeness (QED) is 0.857. The summed E-state index contributed by atoms with van der Waals surface area (Å²) in [6.07, 6.45) is 2.16. The Bertz CT molecular complexity index is 405. The Labute approximate surface area is 117 Å².